The molecule has 0 spiro atoms. The third-order valence-electron chi connectivity index (χ3n) is 3.17. The highest BCUT2D eigenvalue weighted by molar-refractivity contribution is 5.99. The molecule has 24 heavy (non-hydrogen) atoms. The number of nitriles is 1. The lowest BCUT2D eigenvalue weighted by atomic mass is 10.1. The van der Waals surface area contributed by atoms with Crippen molar-refractivity contribution in [2.75, 3.05) is 13.2 Å². The molecule has 2 N–H and O–H groups in total. The monoisotopic (exact) mass is 334 g/mol. The predicted molar refractivity (Wildman–Crippen MR) is 86.3 cm³/mol. The highest BCUT2D eigenvalue weighted by Gasteiger charge is 2.31. The van der Waals surface area contributed by atoms with Crippen LogP contribution in [0.25, 0.3) is 0 Å². The summed E-state index contributed by atoms with van der Waals surface area (Å²) in [7, 11) is 0. The normalized spacial score (nSPS) is 12.2. The molecule has 1 amide bonds. The average molecular weight is 334 g/mol. The van der Waals surface area contributed by atoms with Gasteiger partial charge in [0.2, 0.25) is 0 Å². The van der Waals surface area contributed by atoms with Crippen LogP contribution in [0.15, 0.2) is 18.2 Å². The van der Waals surface area contributed by atoms with Gasteiger partial charge in [-0.05, 0) is 45.9 Å². The molecule has 0 saturated carbocycles. The van der Waals surface area contributed by atoms with E-state index >= 15 is 0 Å². The minimum atomic E-state index is -0.945. The van der Waals surface area contributed by atoms with Gasteiger partial charge in [0.1, 0.15) is 17.4 Å². The number of esters is 1. The largest absolute Gasteiger partial charge is 0.507 e. The first-order chi connectivity index (χ1) is 11.1. The topological polar surface area (TPSA) is 111 Å². The fraction of sp³-hybridized carbons (Fsp3) is 0.471. The summed E-state index contributed by atoms with van der Waals surface area (Å²) in [6.45, 7) is 6.17. The van der Waals surface area contributed by atoms with Crippen LogP contribution in [0.1, 0.15) is 43.6 Å². The van der Waals surface area contributed by atoms with Gasteiger partial charge in [-0.2, -0.15) is 5.26 Å². The second-order valence-corrected chi connectivity index (χ2v) is 6.28. The van der Waals surface area contributed by atoms with Crippen molar-refractivity contribution in [2.45, 2.75) is 39.3 Å². The van der Waals surface area contributed by atoms with Gasteiger partial charge >= 0.3 is 5.97 Å². The van der Waals surface area contributed by atoms with E-state index in [4.69, 9.17) is 10.00 Å². The molecule has 0 fully saturated rings. The summed E-state index contributed by atoms with van der Waals surface area (Å²) in [4.78, 5) is 25.9. The SMILES string of the molecule is C[C@@H](C(=O)OC(C)(C)C)N(CCO)C(=O)c1ccc(C#N)cc1O. The van der Waals surface area contributed by atoms with Gasteiger partial charge in [-0.1, -0.05) is 0 Å². The molecule has 0 aliphatic carbocycles. The lowest BCUT2D eigenvalue weighted by Gasteiger charge is -2.30. The maximum Gasteiger partial charge on any atom is 0.329 e. The zero-order valence-electron chi connectivity index (χ0n) is 14.2. The number of ether oxygens (including phenoxy) is 1. The molecule has 0 saturated heterocycles. The number of benzene rings is 1. The Morgan fingerprint density at radius 2 is 2.00 bits per heavy atom. The zero-order valence-corrected chi connectivity index (χ0v) is 14.2. The molecular formula is C17H22N2O5. The summed E-state index contributed by atoms with van der Waals surface area (Å²) in [6, 6.07) is 4.78. The number of rotatable bonds is 5. The molecule has 1 aromatic rings. The molecule has 0 radical (unpaired) electrons. The lowest BCUT2D eigenvalue weighted by Crippen LogP contribution is -2.47. The number of phenolic OH excluding ortho intramolecular Hbond substituents is 1. The number of aromatic hydroxyl groups is 1. The van der Waals surface area contributed by atoms with Gasteiger partial charge in [0.15, 0.2) is 0 Å². The van der Waals surface area contributed by atoms with Crippen molar-refractivity contribution in [1.29, 1.82) is 5.26 Å². The molecular weight excluding hydrogens is 312 g/mol. The Kier molecular flexibility index (Phi) is 6.32. The molecule has 1 atom stereocenters. The van der Waals surface area contributed by atoms with Crippen LogP contribution < -0.4 is 0 Å². The molecule has 7 nitrogen and oxygen atoms in total. The van der Waals surface area contributed by atoms with Crippen LogP contribution in [0, 0.1) is 11.3 Å². The van der Waals surface area contributed by atoms with Crippen molar-refractivity contribution in [3.8, 4) is 11.8 Å². The molecule has 0 heterocycles. The number of aliphatic hydroxyl groups excluding tert-OH is 1. The Balaban J connectivity index is 3.09. The molecule has 130 valence electrons. The smallest absolute Gasteiger partial charge is 0.329 e. The van der Waals surface area contributed by atoms with Crippen molar-refractivity contribution in [2.24, 2.45) is 0 Å². The first-order valence-corrected chi connectivity index (χ1v) is 7.48. The number of carbonyl (C=O) groups is 2. The van der Waals surface area contributed by atoms with Crippen molar-refractivity contribution in [3.05, 3.63) is 29.3 Å². The summed E-state index contributed by atoms with van der Waals surface area (Å²) < 4.78 is 5.26. The molecule has 1 aromatic carbocycles. The third kappa shape index (κ3) is 4.96. The average Bonchev–Trinajstić information content (AvgIpc) is 2.49. The Morgan fingerprint density at radius 1 is 1.38 bits per heavy atom. The second-order valence-electron chi connectivity index (χ2n) is 6.28. The van der Waals surface area contributed by atoms with E-state index in [2.05, 4.69) is 0 Å². The van der Waals surface area contributed by atoms with Crippen LogP contribution in [-0.2, 0) is 9.53 Å². The highest BCUT2D eigenvalue weighted by Crippen LogP contribution is 2.22. The lowest BCUT2D eigenvalue weighted by molar-refractivity contribution is -0.159. The summed E-state index contributed by atoms with van der Waals surface area (Å²) in [5, 5.41) is 27.9. The van der Waals surface area contributed by atoms with Gasteiger partial charge in [-0.3, -0.25) is 4.79 Å². The number of aliphatic hydroxyl groups is 1. The number of carbonyl (C=O) groups excluding carboxylic acids is 2. The standard InChI is InChI=1S/C17H22N2O5/c1-11(16(23)24-17(2,3)4)19(7-8-20)15(22)13-6-5-12(10-18)9-14(13)21/h5-6,9,11,20-21H,7-8H2,1-4H3/t11-/m0/s1. The number of amides is 1. The number of nitrogens with zero attached hydrogens (tertiary/aromatic N) is 2. The van der Waals surface area contributed by atoms with Gasteiger partial charge in [0.05, 0.1) is 23.8 Å². The number of hydrogen-bond donors (Lipinski definition) is 2. The third-order valence-corrected chi connectivity index (χ3v) is 3.17. The van der Waals surface area contributed by atoms with Crippen molar-refractivity contribution in [3.63, 3.8) is 0 Å². The van der Waals surface area contributed by atoms with Crippen LogP contribution in [0.5, 0.6) is 5.75 Å². The molecule has 1 rings (SSSR count). The Bertz CT molecular complexity index is 658. The zero-order chi connectivity index (χ0) is 18.5. The summed E-state index contributed by atoms with van der Waals surface area (Å²) in [5.74, 6) is -1.61. The highest BCUT2D eigenvalue weighted by atomic mass is 16.6. The van der Waals surface area contributed by atoms with E-state index in [1.165, 1.54) is 25.1 Å². The van der Waals surface area contributed by atoms with E-state index in [-0.39, 0.29) is 30.0 Å². The van der Waals surface area contributed by atoms with E-state index in [1.807, 2.05) is 6.07 Å². The van der Waals surface area contributed by atoms with E-state index in [1.54, 1.807) is 20.8 Å². The summed E-state index contributed by atoms with van der Waals surface area (Å²) in [5.41, 5.74) is -0.564. The molecule has 0 unspecified atom stereocenters. The van der Waals surface area contributed by atoms with Crippen LogP contribution in [0.3, 0.4) is 0 Å². The van der Waals surface area contributed by atoms with E-state index in [9.17, 15) is 19.8 Å². The molecule has 0 aromatic heterocycles. The van der Waals surface area contributed by atoms with Crippen LogP contribution in [0.4, 0.5) is 0 Å². The number of hydrogen-bond acceptors (Lipinski definition) is 6. The summed E-state index contributed by atoms with van der Waals surface area (Å²) >= 11 is 0. The molecule has 0 bridgehead atoms. The first kappa shape index (κ1) is 19.5. The maximum atomic E-state index is 12.6. The van der Waals surface area contributed by atoms with Crippen molar-refractivity contribution >= 4 is 11.9 Å². The Morgan fingerprint density at radius 3 is 2.46 bits per heavy atom. The van der Waals surface area contributed by atoms with Crippen LogP contribution in [-0.4, -0.2) is 51.8 Å². The second kappa shape index (κ2) is 7.79. The molecule has 7 heteroatoms. The summed E-state index contributed by atoms with van der Waals surface area (Å²) in [6.07, 6.45) is 0. The maximum absolute atomic E-state index is 12.6. The fourth-order valence-corrected chi connectivity index (χ4v) is 2.03. The van der Waals surface area contributed by atoms with Gasteiger partial charge < -0.3 is 19.8 Å². The Labute approximate surface area is 141 Å². The predicted octanol–water partition coefficient (Wildman–Crippen LogP) is 1.43. The van der Waals surface area contributed by atoms with Gasteiger partial charge in [-0.15, -0.1) is 0 Å². The minimum Gasteiger partial charge on any atom is -0.507 e. The van der Waals surface area contributed by atoms with Crippen molar-refractivity contribution < 1.29 is 24.5 Å². The number of phenols is 1. The molecule has 0 aliphatic heterocycles. The van der Waals surface area contributed by atoms with Gasteiger partial charge in [0, 0.05) is 6.54 Å². The van der Waals surface area contributed by atoms with Crippen LogP contribution >= 0.6 is 0 Å². The van der Waals surface area contributed by atoms with Gasteiger partial charge in [0.25, 0.3) is 5.91 Å². The van der Waals surface area contributed by atoms with Crippen LogP contribution in [0.2, 0.25) is 0 Å². The van der Waals surface area contributed by atoms with Crippen molar-refractivity contribution in [1.82, 2.24) is 4.90 Å². The van der Waals surface area contributed by atoms with E-state index in [0.29, 0.717) is 0 Å². The molecule has 0 aliphatic rings. The van der Waals surface area contributed by atoms with E-state index in [0.717, 1.165) is 4.90 Å². The van der Waals surface area contributed by atoms with E-state index < -0.39 is 23.5 Å². The quantitative estimate of drug-likeness (QED) is 0.788. The first-order valence-electron chi connectivity index (χ1n) is 7.48. The Hall–Kier alpha value is -2.59. The minimum absolute atomic E-state index is 0.0575. The van der Waals surface area contributed by atoms with Gasteiger partial charge in [-0.25, -0.2) is 4.79 Å². The fourth-order valence-electron chi connectivity index (χ4n) is 2.03.